The van der Waals surface area contributed by atoms with Crippen LogP contribution in [0.1, 0.15) is 27.8 Å². The van der Waals surface area contributed by atoms with E-state index in [1.165, 1.54) is 19.2 Å². The fraction of sp³-hybridized carbons (Fsp3) is 0.179. The lowest BCUT2D eigenvalue weighted by atomic mass is 10.0. The predicted molar refractivity (Wildman–Crippen MR) is 133 cm³/mol. The van der Waals surface area contributed by atoms with E-state index in [2.05, 4.69) is 0 Å². The molecular weight excluding hydrogens is 464 g/mol. The summed E-state index contributed by atoms with van der Waals surface area (Å²) in [5, 5.41) is 0.234. The molecular formula is C28H24O8. The van der Waals surface area contributed by atoms with Crippen molar-refractivity contribution < 1.29 is 33.0 Å². The van der Waals surface area contributed by atoms with E-state index >= 15 is 0 Å². The van der Waals surface area contributed by atoms with Gasteiger partial charge in [0.15, 0.2) is 12.4 Å². The smallest absolute Gasteiger partial charge is 0.375 e. The molecule has 0 aliphatic rings. The third kappa shape index (κ3) is 4.93. The number of ether oxygens (including phenoxy) is 4. The van der Waals surface area contributed by atoms with Crippen molar-refractivity contribution in [3.05, 3.63) is 88.3 Å². The lowest BCUT2D eigenvalue weighted by Crippen LogP contribution is -2.15. The van der Waals surface area contributed by atoms with Crippen molar-refractivity contribution in [1.29, 1.82) is 0 Å². The fourth-order valence-corrected chi connectivity index (χ4v) is 3.71. The second kappa shape index (κ2) is 10.8. The van der Waals surface area contributed by atoms with Crippen molar-refractivity contribution in [2.75, 3.05) is 27.4 Å². The van der Waals surface area contributed by atoms with Crippen LogP contribution < -0.4 is 19.6 Å². The lowest BCUT2D eigenvalue weighted by molar-refractivity contribution is 0.0492. The van der Waals surface area contributed by atoms with E-state index in [0.29, 0.717) is 28.4 Å². The summed E-state index contributed by atoms with van der Waals surface area (Å²) in [6, 6.07) is 18.1. The van der Waals surface area contributed by atoms with Crippen molar-refractivity contribution in [3.63, 3.8) is 0 Å². The van der Waals surface area contributed by atoms with Crippen LogP contribution in [-0.4, -0.2) is 39.2 Å². The van der Waals surface area contributed by atoms with Crippen LogP contribution in [0.3, 0.4) is 0 Å². The SMILES string of the molecule is CCOC(=O)c1oc2cc(OCC(=O)c3ccc(OC)cc3)ccc2c(=O)c1-c1ccccc1OC. The van der Waals surface area contributed by atoms with Crippen LogP contribution in [0.4, 0.5) is 0 Å². The highest BCUT2D eigenvalue weighted by Gasteiger charge is 2.25. The molecule has 0 aliphatic carbocycles. The quantitative estimate of drug-likeness (QED) is 0.242. The first-order chi connectivity index (χ1) is 17.5. The number of hydrogen-bond donors (Lipinski definition) is 0. The molecule has 4 aromatic rings. The van der Waals surface area contributed by atoms with Gasteiger partial charge in [-0.25, -0.2) is 4.79 Å². The van der Waals surface area contributed by atoms with E-state index in [1.807, 2.05) is 0 Å². The topological polar surface area (TPSA) is 101 Å². The van der Waals surface area contributed by atoms with Crippen LogP contribution in [0.2, 0.25) is 0 Å². The van der Waals surface area contributed by atoms with Gasteiger partial charge in [-0.1, -0.05) is 18.2 Å². The number of para-hydroxylation sites is 1. The van der Waals surface area contributed by atoms with Gasteiger partial charge in [0.2, 0.25) is 11.2 Å². The van der Waals surface area contributed by atoms with E-state index in [4.69, 9.17) is 23.4 Å². The van der Waals surface area contributed by atoms with Crippen molar-refractivity contribution >= 4 is 22.7 Å². The molecule has 3 aromatic carbocycles. The largest absolute Gasteiger partial charge is 0.497 e. The first-order valence-corrected chi connectivity index (χ1v) is 11.2. The zero-order chi connectivity index (χ0) is 25.7. The first kappa shape index (κ1) is 24.5. The maximum absolute atomic E-state index is 13.5. The van der Waals surface area contributed by atoms with Gasteiger partial charge < -0.3 is 23.4 Å². The molecule has 0 unspecified atom stereocenters. The Labute approximate surface area is 207 Å². The Hall–Kier alpha value is -4.59. The molecule has 0 radical (unpaired) electrons. The highest BCUT2D eigenvalue weighted by molar-refractivity contribution is 5.99. The molecule has 0 saturated heterocycles. The minimum absolute atomic E-state index is 0.0433. The number of Topliss-reactive ketones (excluding diaryl/α,β-unsaturated/α-hetero) is 1. The van der Waals surface area contributed by atoms with Crippen LogP contribution in [0.5, 0.6) is 17.2 Å². The Balaban J connectivity index is 1.71. The van der Waals surface area contributed by atoms with Crippen molar-refractivity contribution in [3.8, 4) is 28.4 Å². The number of fused-ring (bicyclic) bond motifs is 1. The van der Waals surface area contributed by atoms with Crippen LogP contribution in [0.25, 0.3) is 22.1 Å². The number of methoxy groups -OCH3 is 2. The van der Waals surface area contributed by atoms with Gasteiger partial charge >= 0.3 is 5.97 Å². The molecule has 4 rings (SSSR count). The molecule has 0 atom stereocenters. The van der Waals surface area contributed by atoms with E-state index in [0.717, 1.165) is 0 Å². The minimum atomic E-state index is -0.779. The molecule has 1 heterocycles. The maximum Gasteiger partial charge on any atom is 0.375 e. The van der Waals surface area contributed by atoms with E-state index in [1.54, 1.807) is 68.6 Å². The summed E-state index contributed by atoms with van der Waals surface area (Å²) in [4.78, 5) is 38.8. The second-order valence-corrected chi connectivity index (χ2v) is 7.65. The maximum atomic E-state index is 13.5. The van der Waals surface area contributed by atoms with E-state index < -0.39 is 11.4 Å². The first-order valence-electron chi connectivity index (χ1n) is 11.2. The Morgan fingerprint density at radius 2 is 1.61 bits per heavy atom. The molecule has 0 aliphatic heterocycles. The Kier molecular flexibility index (Phi) is 7.34. The average molecular weight is 488 g/mol. The zero-order valence-electron chi connectivity index (χ0n) is 20.0. The third-order valence-electron chi connectivity index (χ3n) is 5.48. The highest BCUT2D eigenvalue weighted by Crippen LogP contribution is 2.33. The van der Waals surface area contributed by atoms with Gasteiger partial charge in [0.05, 0.1) is 31.8 Å². The Morgan fingerprint density at radius 3 is 2.31 bits per heavy atom. The van der Waals surface area contributed by atoms with Crippen LogP contribution in [0, 0.1) is 0 Å². The number of hydrogen-bond acceptors (Lipinski definition) is 8. The fourth-order valence-electron chi connectivity index (χ4n) is 3.71. The van der Waals surface area contributed by atoms with Crippen molar-refractivity contribution in [2.45, 2.75) is 6.92 Å². The highest BCUT2D eigenvalue weighted by atomic mass is 16.5. The summed E-state index contributed by atoms with van der Waals surface area (Å²) >= 11 is 0. The number of benzene rings is 3. The minimum Gasteiger partial charge on any atom is -0.497 e. The molecule has 0 saturated carbocycles. The van der Waals surface area contributed by atoms with Gasteiger partial charge in [-0.3, -0.25) is 9.59 Å². The summed E-state index contributed by atoms with van der Waals surface area (Å²) in [6.07, 6.45) is 0. The summed E-state index contributed by atoms with van der Waals surface area (Å²) in [5.41, 5.74) is 0.612. The molecule has 184 valence electrons. The number of ketones is 1. The number of carbonyl (C=O) groups excluding carboxylic acids is 2. The van der Waals surface area contributed by atoms with Gasteiger partial charge in [-0.2, -0.15) is 0 Å². The number of esters is 1. The van der Waals surface area contributed by atoms with Gasteiger partial charge in [0, 0.05) is 17.2 Å². The molecule has 0 bridgehead atoms. The molecule has 8 heteroatoms. The van der Waals surface area contributed by atoms with Crippen LogP contribution in [0.15, 0.2) is 75.9 Å². The van der Waals surface area contributed by atoms with E-state index in [9.17, 15) is 14.4 Å². The van der Waals surface area contributed by atoms with Crippen molar-refractivity contribution in [1.82, 2.24) is 0 Å². The molecule has 0 fully saturated rings. The number of rotatable bonds is 9. The molecule has 8 nitrogen and oxygen atoms in total. The second-order valence-electron chi connectivity index (χ2n) is 7.65. The standard InChI is InChI=1S/C28H24O8/c1-4-34-28(31)27-25(20-7-5-6-8-23(20)33-3)26(30)21-14-13-19(15-24(21)36-27)35-16-22(29)17-9-11-18(32-2)12-10-17/h5-15H,4,16H2,1-3H3. The van der Waals surface area contributed by atoms with Gasteiger partial charge in [0.25, 0.3) is 0 Å². The van der Waals surface area contributed by atoms with Gasteiger partial charge in [-0.15, -0.1) is 0 Å². The van der Waals surface area contributed by atoms with Crippen LogP contribution >= 0.6 is 0 Å². The lowest BCUT2D eigenvalue weighted by Gasteiger charge is -2.13. The zero-order valence-corrected chi connectivity index (χ0v) is 20.0. The normalized spacial score (nSPS) is 10.6. The number of carbonyl (C=O) groups is 2. The third-order valence-corrected chi connectivity index (χ3v) is 5.48. The Bertz CT molecular complexity index is 1470. The summed E-state index contributed by atoms with van der Waals surface area (Å²) < 4.78 is 27.2. The summed E-state index contributed by atoms with van der Waals surface area (Å²) in [5.74, 6) is 0.0858. The van der Waals surface area contributed by atoms with Gasteiger partial charge in [-0.05, 0) is 49.4 Å². The molecule has 36 heavy (non-hydrogen) atoms. The summed E-state index contributed by atoms with van der Waals surface area (Å²) in [6.45, 7) is 1.53. The predicted octanol–water partition coefficient (Wildman–Crippen LogP) is 4.92. The molecule has 0 amide bonds. The summed E-state index contributed by atoms with van der Waals surface area (Å²) in [7, 11) is 3.02. The van der Waals surface area contributed by atoms with Gasteiger partial charge in [0.1, 0.15) is 22.8 Å². The molecule has 1 aromatic heterocycles. The van der Waals surface area contributed by atoms with E-state index in [-0.39, 0.29) is 41.3 Å². The average Bonchev–Trinajstić information content (AvgIpc) is 2.91. The van der Waals surface area contributed by atoms with Crippen LogP contribution in [-0.2, 0) is 4.74 Å². The molecule has 0 N–H and O–H groups in total. The monoisotopic (exact) mass is 488 g/mol. The van der Waals surface area contributed by atoms with Crippen molar-refractivity contribution in [2.24, 2.45) is 0 Å². The molecule has 0 spiro atoms. The Morgan fingerprint density at radius 1 is 0.889 bits per heavy atom.